The first-order valence-electron chi connectivity index (χ1n) is 6.84. The molecule has 21 heavy (non-hydrogen) atoms. The molecule has 0 fully saturated rings. The number of fused-ring (bicyclic) bond motifs is 1. The number of amides is 1. The van der Waals surface area contributed by atoms with E-state index < -0.39 is 0 Å². The van der Waals surface area contributed by atoms with Crippen LogP contribution in [0.4, 0.5) is 0 Å². The van der Waals surface area contributed by atoms with E-state index in [1.165, 1.54) is 15.8 Å². The van der Waals surface area contributed by atoms with Gasteiger partial charge in [0.15, 0.2) is 0 Å². The standard InChI is InChI=1S/C15H19N3O3/c1-11-4-3-5-12-14(11)16-10-18(15(12)21)7-6-13(20)17(2)8-9-19/h3-5,10,19H,6-9H2,1-2H3. The highest BCUT2D eigenvalue weighted by atomic mass is 16.3. The van der Waals surface area contributed by atoms with Gasteiger partial charge in [0.05, 0.1) is 23.8 Å². The molecule has 6 nitrogen and oxygen atoms in total. The van der Waals surface area contributed by atoms with Crippen LogP contribution in [-0.4, -0.2) is 45.7 Å². The van der Waals surface area contributed by atoms with Crippen LogP contribution in [0, 0.1) is 6.92 Å². The topological polar surface area (TPSA) is 75.4 Å². The fraction of sp³-hybridized carbons (Fsp3) is 0.400. The van der Waals surface area contributed by atoms with Gasteiger partial charge in [-0.1, -0.05) is 12.1 Å². The third-order valence-corrected chi connectivity index (χ3v) is 3.48. The predicted octanol–water partition coefficient (Wildman–Crippen LogP) is 0.546. The molecule has 0 saturated heterocycles. The van der Waals surface area contributed by atoms with Crippen molar-refractivity contribution >= 4 is 16.8 Å². The summed E-state index contributed by atoms with van der Waals surface area (Å²) in [4.78, 5) is 29.9. The summed E-state index contributed by atoms with van der Waals surface area (Å²) in [6.07, 6.45) is 1.69. The Hall–Kier alpha value is -2.21. The van der Waals surface area contributed by atoms with Crippen molar-refractivity contribution in [1.82, 2.24) is 14.5 Å². The van der Waals surface area contributed by atoms with Crippen LogP contribution in [0.2, 0.25) is 0 Å². The van der Waals surface area contributed by atoms with Crippen molar-refractivity contribution in [2.45, 2.75) is 19.9 Å². The first-order chi connectivity index (χ1) is 10.0. The maximum absolute atomic E-state index is 12.3. The highest BCUT2D eigenvalue weighted by Gasteiger charge is 2.10. The van der Waals surface area contributed by atoms with Crippen molar-refractivity contribution in [2.75, 3.05) is 20.2 Å². The number of hydrogen-bond acceptors (Lipinski definition) is 4. The number of hydrogen-bond donors (Lipinski definition) is 1. The number of carbonyl (C=O) groups excluding carboxylic acids is 1. The van der Waals surface area contributed by atoms with E-state index in [-0.39, 0.29) is 31.0 Å². The molecule has 0 bridgehead atoms. The summed E-state index contributed by atoms with van der Waals surface area (Å²) >= 11 is 0. The van der Waals surface area contributed by atoms with Crippen LogP contribution in [0.5, 0.6) is 0 Å². The van der Waals surface area contributed by atoms with Crippen molar-refractivity contribution in [2.24, 2.45) is 0 Å². The van der Waals surface area contributed by atoms with Crippen molar-refractivity contribution in [3.05, 3.63) is 40.4 Å². The zero-order chi connectivity index (χ0) is 15.4. The maximum Gasteiger partial charge on any atom is 0.261 e. The number of benzene rings is 1. The van der Waals surface area contributed by atoms with Gasteiger partial charge in [-0.2, -0.15) is 0 Å². The van der Waals surface area contributed by atoms with E-state index in [2.05, 4.69) is 4.98 Å². The van der Waals surface area contributed by atoms with E-state index in [9.17, 15) is 9.59 Å². The molecule has 0 atom stereocenters. The Morgan fingerprint density at radius 2 is 2.19 bits per heavy atom. The molecule has 1 N–H and O–H groups in total. The quantitative estimate of drug-likeness (QED) is 0.872. The molecule has 2 aromatic rings. The molecule has 1 aromatic heterocycles. The molecule has 0 aliphatic rings. The molecule has 1 heterocycles. The number of para-hydroxylation sites is 1. The van der Waals surface area contributed by atoms with Crippen LogP contribution in [0.1, 0.15) is 12.0 Å². The van der Waals surface area contributed by atoms with Gasteiger partial charge in [0.2, 0.25) is 5.91 Å². The number of nitrogens with zero attached hydrogens (tertiary/aromatic N) is 3. The molecule has 1 amide bonds. The Morgan fingerprint density at radius 3 is 2.90 bits per heavy atom. The second-order valence-electron chi connectivity index (χ2n) is 5.00. The lowest BCUT2D eigenvalue weighted by molar-refractivity contribution is -0.130. The zero-order valence-corrected chi connectivity index (χ0v) is 12.2. The van der Waals surface area contributed by atoms with E-state index in [0.29, 0.717) is 17.4 Å². The van der Waals surface area contributed by atoms with E-state index in [4.69, 9.17) is 5.11 Å². The largest absolute Gasteiger partial charge is 0.395 e. The van der Waals surface area contributed by atoms with Crippen LogP contribution in [0.25, 0.3) is 10.9 Å². The average molecular weight is 289 g/mol. The second-order valence-corrected chi connectivity index (χ2v) is 5.00. The predicted molar refractivity (Wildman–Crippen MR) is 80.1 cm³/mol. The summed E-state index contributed by atoms with van der Waals surface area (Å²) in [5.74, 6) is -0.111. The molecule has 6 heteroatoms. The lowest BCUT2D eigenvalue weighted by Crippen LogP contribution is -2.31. The number of aliphatic hydroxyl groups excluding tert-OH is 1. The fourth-order valence-corrected chi connectivity index (χ4v) is 2.18. The minimum absolute atomic E-state index is 0.0704. The number of aromatic nitrogens is 2. The summed E-state index contributed by atoms with van der Waals surface area (Å²) in [6, 6.07) is 5.48. The average Bonchev–Trinajstić information content (AvgIpc) is 2.47. The van der Waals surface area contributed by atoms with Gasteiger partial charge in [-0.15, -0.1) is 0 Å². The first-order valence-corrected chi connectivity index (χ1v) is 6.84. The Kier molecular flexibility index (Phi) is 4.70. The van der Waals surface area contributed by atoms with Crippen LogP contribution >= 0.6 is 0 Å². The highest BCUT2D eigenvalue weighted by Crippen LogP contribution is 2.11. The molecule has 0 unspecified atom stereocenters. The Bertz CT molecular complexity index is 709. The number of aliphatic hydroxyl groups is 1. The molecule has 0 saturated carbocycles. The maximum atomic E-state index is 12.3. The molecule has 1 aromatic carbocycles. The molecular formula is C15H19N3O3. The number of aryl methyl sites for hydroxylation is 2. The smallest absolute Gasteiger partial charge is 0.261 e. The zero-order valence-electron chi connectivity index (χ0n) is 12.2. The van der Waals surface area contributed by atoms with Gasteiger partial charge in [-0.05, 0) is 18.6 Å². The van der Waals surface area contributed by atoms with Crippen molar-refractivity contribution < 1.29 is 9.90 Å². The lowest BCUT2D eigenvalue weighted by Gasteiger charge is -2.16. The number of rotatable bonds is 5. The van der Waals surface area contributed by atoms with Crippen LogP contribution < -0.4 is 5.56 Å². The second kappa shape index (κ2) is 6.49. The number of carbonyl (C=O) groups is 1. The van der Waals surface area contributed by atoms with Gasteiger partial charge in [0, 0.05) is 26.6 Å². The van der Waals surface area contributed by atoms with Gasteiger partial charge in [-0.3, -0.25) is 14.2 Å². The van der Waals surface area contributed by atoms with Crippen molar-refractivity contribution in [3.63, 3.8) is 0 Å². The molecule has 112 valence electrons. The minimum Gasteiger partial charge on any atom is -0.395 e. The molecule has 0 aliphatic carbocycles. The van der Waals surface area contributed by atoms with Gasteiger partial charge in [0.25, 0.3) is 5.56 Å². The molecular weight excluding hydrogens is 270 g/mol. The van der Waals surface area contributed by atoms with Gasteiger partial charge in [0.1, 0.15) is 0 Å². The molecule has 0 aliphatic heterocycles. The van der Waals surface area contributed by atoms with E-state index in [1.54, 1.807) is 13.1 Å². The SMILES string of the molecule is Cc1cccc2c(=O)n(CCC(=O)N(C)CCO)cnc12. The summed E-state index contributed by atoms with van der Waals surface area (Å²) < 4.78 is 1.45. The van der Waals surface area contributed by atoms with E-state index >= 15 is 0 Å². The Balaban J connectivity index is 2.19. The van der Waals surface area contributed by atoms with Crippen LogP contribution in [0.15, 0.2) is 29.3 Å². The first kappa shape index (κ1) is 15.2. The number of likely N-dealkylation sites (N-methyl/N-ethyl adjacent to an activating group) is 1. The van der Waals surface area contributed by atoms with Crippen LogP contribution in [-0.2, 0) is 11.3 Å². The summed E-state index contributed by atoms with van der Waals surface area (Å²) in [5.41, 5.74) is 1.51. The third-order valence-electron chi connectivity index (χ3n) is 3.48. The highest BCUT2D eigenvalue weighted by molar-refractivity contribution is 5.80. The van der Waals surface area contributed by atoms with E-state index in [1.807, 2.05) is 19.1 Å². The van der Waals surface area contributed by atoms with Crippen LogP contribution in [0.3, 0.4) is 0 Å². The monoisotopic (exact) mass is 289 g/mol. The summed E-state index contributed by atoms with van der Waals surface area (Å²) in [7, 11) is 1.63. The van der Waals surface area contributed by atoms with Gasteiger partial charge < -0.3 is 10.0 Å². The Labute approximate surface area is 122 Å². The fourth-order valence-electron chi connectivity index (χ4n) is 2.18. The third kappa shape index (κ3) is 3.28. The van der Waals surface area contributed by atoms with Gasteiger partial charge >= 0.3 is 0 Å². The normalized spacial score (nSPS) is 10.8. The molecule has 0 spiro atoms. The van der Waals surface area contributed by atoms with E-state index in [0.717, 1.165) is 5.56 Å². The summed E-state index contributed by atoms with van der Waals surface area (Å²) in [5, 5.41) is 9.36. The van der Waals surface area contributed by atoms with Crippen molar-refractivity contribution in [3.8, 4) is 0 Å². The molecule has 0 radical (unpaired) electrons. The van der Waals surface area contributed by atoms with Crippen molar-refractivity contribution in [1.29, 1.82) is 0 Å². The lowest BCUT2D eigenvalue weighted by atomic mass is 10.1. The Morgan fingerprint density at radius 1 is 1.43 bits per heavy atom. The van der Waals surface area contributed by atoms with Gasteiger partial charge in [-0.25, -0.2) is 4.98 Å². The summed E-state index contributed by atoms with van der Waals surface area (Å²) in [6.45, 7) is 2.42. The molecule has 2 rings (SSSR count). The minimum atomic E-state index is -0.138.